The molecule has 6 nitrogen and oxygen atoms in total. The number of para-hydroxylation sites is 1. The lowest BCUT2D eigenvalue weighted by molar-refractivity contribution is -0.190. The lowest BCUT2D eigenvalue weighted by Gasteiger charge is -2.27. The molecule has 0 saturated heterocycles. The van der Waals surface area contributed by atoms with Crippen molar-refractivity contribution in [1.82, 2.24) is 4.57 Å². The summed E-state index contributed by atoms with van der Waals surface area (Å²) in [5.41, 5.74) is 0.823. The van der Waals surface area contributed by atoms with E-state index in [1.807, 2.05) is 29.7 Å². The van der Waals surface area contributed by atoms with Gasteiger partial charge < -0.3 is 19.1 Å². The van der Waals surface area contributed by atoms with Crippen molar-refractivity contribution in [3.63, 3.8) is 0 Å². The van der Waals surface area contributed by atoms with E-state index in [1.165, 1.54) is 0 Å². The summed E-state index contributed by atoms with van der Waals surface area (Å²) in [6.07, 6.45) is -1.01. The fourth-order valence-corrected chi connectivity index (χ4v) is 3.70. The number of carbonyl (C=O) groups excluding carboxylic acids is 2. The first-order valence-corrected chi connectivity index (χ1v) is 10.6. The van der Waals surface area contributed by atoms with Crippen molar-refractivity contribution >= 4 is 11.9 Å². The van der Waals surface area contributed by atoms with Crippen molar-refractivity contribution in [3.05, 3.63) is 52.8 Å². The highest BCUT2D eigenvalue weighted by Crippen LogP contribution is 2.36. The molecule has 0 unspecified atom stereocenters. The molecular formula is C25H35NO5. The van der Waals surface area contributed by atoms with E-state index in [-0.39, 0.29) is 11.0 Å². The SMILES string of the molecule is Cc1cc(C(O)(C(=O)OC(C)C)C(=O)OC(C)C)c(C)n1-c1ccccc1C(C)(C)C. The van der Waals surface area contributed by atoms with Gasteiger partial charge in [-0.3, -0.25) is 0 Å². The molecule has 170 valence electrons. The highest BCUT2D eigenvalue weighted by atomic mass is 16.6. The van der Waals surface area contributed by atoms with Crippen LogP contribution in [0.3, 0.4) is 0 Å². The summed E-state index contributed by atoms with van der Waals surface area (Å²) in [7, 11) is 0. The number of aliphatic hydroxyl groups is 1. The molecule has 1 aromatic carbocycles. The Morgan fingerprint density at radius 1 is 0.903 bits per heavy atom. The van der Waals surface area contributed by atoms with Crippen molar-refractivity contribution in [2.75, 3.05) is 0 Å². The fraction of sp³-hybridized carbons (Fsp3) is 0.520. The molecule has 0 aliphatic carbocycles. The molecule has 0 fully saturated rings. The molecule has 0 bridgehead atoms. The number of carbonyl (C=O) groups is 2. The van der Waals surface area contributed by atoms with E-state index in [4.69, 9.17) is 9.47 Å². The minimum absolute atomic E-state index is 0.136. The van der Waals surface area contributed by atoms with E-state index < -0.39 is 29.7 Å². The van der Waals surface area contributed by atoms with E-state index in [1.54, 1.807) is 40.7 Å². The zero-order valence-electron chi connectivity index (χ0n) is 20.1. The summed E-state index contributed by atoms with van der Waals surface area (Å²) in [6, 6.07) is 9.62. The molecule has 0 amide bonds. The van der Waals surface area contributed by atoms with Gasteiger partial charge in [-0.25, -0.2) is 9.59 Å². The summed E-state index contributed by atoms with van der Waals surface area (Å²) >= 11 is 0. The van der Waals surface area contributed by atoms with E-state index >= 15 is 0 Å². The number of hydrogen-bond acceptors (Lipinski definition) is 5. The van der Waals surface area contributed by atoms with Gasteiger partial charge in [0.15, 0.2) is 0 Å². The van der Waals surface area contributed by atoms with Crippen LogP contribution in [-0.2, 0) is 30.1 Å². The zero-order valence-corrected chi connectivity index (χ0v) is 20.1. The predicted octanol–water partition coefficient (Wildman–Crippen LogP) is 4.48. The maximum atomic E-state index is 13.0. The fourth-order valence-electron chi connectivity index (χ4n) is 3.70. The van der Waals surface area contributed by atoms with Gasteiger partial charge in [-0.05, 0) is 64.7 Å². The lowest BCUT2D eigenvalue weighted by atomic mass is 9.85. The second kappa shape index (κ2) is 8.87. The van der Waals surface area contributed by atoms with Crippen LogP contribution in [0, 0.1) is 13.8 Å². The molecule has 0 saturated carbocycles. The van der Waals surface area contributed by atoms with Gasteiger partial charge in [0.2, 0.25) is 0 Å². The average Bonchev–Trinajstić information content (AvgIpc) is 2.93. The molecule has 31 heavy (non-hydrogen) atoms. The molecule has 2 aromatic rings. The molecule has 0 atom stereocenters. The van der Waals surface area contributed by atoms with Crippen LogP contribution in [0.2, 0.25) is 0 Å². The van der Waals surface area contributed by atoms with Crippen LogP contribution in [0.25, 0.3) is 5.69 Å². The van der Waals surface area contributed by atoms with Gasteiger partial charge in [-0.2, -0.15) is 0 Å². The molecular weight excluding hydrogens is 394 g/mol. The molecule has 0 aliphatic rings. The average molecular weight is 430 g/mol. The third-order valence-electron chi connectivity index (χ3n) is 5.05. The van der Waals surface area contributed by atoms with Crippen molar-refractivity contribution in [1.29, 1.82) is 0 Å². The van der Waals surface area contributed by atoms with Gasteiger partial charge in [-0.15, -0.1) is 0 Å². The summed E-state index contributed by atoms with van der Waals surface area (Å²) in [5.74, 6) is -2.09. The van der Waals surface area contributed by atoms with Gasteiger partial charge in [0.05, 0.1) is 12.2 Å². The molecule has 6 heteroatoms. The molecule has 2 rings (SSSR count). The lowest BCUT2D eigenvalue weighted by Crippen LogP contribution is -2.47. The van der Waals surface area contributed by atoms with Crippen LogP contribution >= 0.6 is 0 Å². The van der Waals surface area contributed by atoms with Gasteiger partial charge >= 0.3 is 11.9 Å². The first-order chi connectivity index (χ1) is 14.2. The summed E-state index contributed by atoms with van der Waals surface area (Å²) < 4.78 is 12.5. The molecule has 0 aliphatic heterocycles. The molecule has 1 heterocycles. The van der Waals surface area contributed by atoms with Crippen molar-refractivity contribution in [2.45, 2.75) is 85.5 Å². The number of nitrogens with zero attached hydrogens (tertiary/aromatic N) is 1. The van der Waals surface area contributed by atoms with Crippen LogP contribution in [0.4, 0.5) is 0 Å². The van der Waals surface area contributed by atoms with Gasteiger partial charge in [-0.1, -0.05) is 39.0 Å². The largest absolute Gasteiger partial charge is 0.460 e. The number of rotatable bonds is 6. The van der Waals surface area contributed by atoms with Gasteiger partial charge in [0, 0.05) is 22.6 Å². The summed E-state index contributed by atoms with van der Waals surface area (Å²) in [6.45, 7) is 16.7. The second-order valence-electron chi connectivity index (χ2n) is 9.51. The molecule has 0 radical (unpaired) electrons. The van der Waals surface area contributed by atoms with E-state index in [2.05, 4.69) is 26.8 Å². The Morgan fingerprint density at radius 2 is 1.39 bits per heavy atom. The maximum Gasteiger partial charge on any atom is 0.355 e. The van der Waals surface area contributed by atoms with Crippen LogP contribution in [0.1, 0.15) is 71.0 Å². The number of aromatic nitrogens is 1. The van der Waals surface area contributed by atoms with Crippen LogP contribution < -0.4 is 0 Å². The Bertz CT molecular complexity index is 941. The van der Waals surface area contributed by atoms with Crippen LogP contribution in [-0.4, -0.2) is 33.8 Å². The Balaban J connectivity index is 2.76. The summed E-state index contributed by atoms with van der Waals surface area (Å²) in [4.78, 5) is 25.9. The minimum atomic E-state index is -2.56. The highest BCUT2D eigenvalue weighted by Gasteiger charge is 2.52. The van der Waals surface area contributed by atoms with Gasteiger partial charge in [0.25, 0.3) is 5.60 Å². The molecule has 0 spiro atoms. The monoisotopic (exact) mass is 429 g/mol. The number of aryl methyl sites for hydroxylation is 1. The Hall–Kier alpha value is -2.60. The topological polar surface area (TPSA) is 77.8 Å². The smallest absolute Gasteiger partial charge is 0.355 e. The quantitative estimate of drug-likeness (QED) is 0.541. The standard InChI is InChI=1S/C25H35NO5/c1-15(2)30-22(27)25(29,23(28)31-16(3)4)20-14-17(5)26(18(20)6)21-13-11-10-12-19(21)24(7,8)9/h10-16,29H,1-9H3. The van der Waals surface area contributed by atoms with Crippen LogP contribution in [0.5, 0.6) is 0 Å². The minimum Gasteiger partial charge on any atom is -0.460 e. The number of benzene rings is 1. The number of esters is 2. The molecule has 1 N–H and O–H groups in total. The van der Waals surface area contributed by atoms with Crippen molar-refractivity contribution in [2.24, 2.45) is 0 Å². The Morgan fingerprint density at radius 3 is 1.84 bits per heavy atom. The number of hydrogen-bond donors (Lipinski definition) is 1. The number of ether oxygens (including phenoxy) is 2. The predicted molar refractivity (Wildman–Crippen MR) is 120 cm³/mol. The van der Waals surface area contributed by atoms with Crippen LogP contribution in [0.15, 0.2) is 30.3 Å². The van der Waals surface area contributed by atoms with Crippen molar-refractivity contribution in [3.8, 4) is 5.69 Å². The Kier molecular flexibility index (Phi) is 7.06. The van der Waals surface area contributed by atoms with Crippen molar-refractivity contribution < 1.29 is 24.2 Å². The first kappa shape index (κ1) is 24.7. The second-order valence-corrected chi connectivity index (χ2v) is 9.51. The maximum absolute atomic E-state index is 13.0. The Labute approximate surface area is 185 Å². The van der Waals surface area contributed by atoms with E-state index in [9.17, 15) is 14.7 Å². The van der Waals surface area contributed by atoms with Gasteiger partial charge in [0.1, 0.15) is 0 Å². The third kappa shape index (κ3) is 4.85. The summed E-state index contributed by atoms with van der Waals surface area (Å²) in [5, 5.41) is 11.4. The first-order valence-electron chi connectivity index (χ1n) is 10.6. The third-order valence-corrected chi connectivity index (χ3v) is 5.05. The van der Waals surface area contributed by atoms with E-state index in [0.29, 0.717) is 5.69 Å². The zero-order chi connectivity index (χ0) is 23.7. The normalized spacial score (nSPS) is 12.4. The molecule has 1 aromatic heterocycles. The van der Waals surface area contributed by atoms with E-state index in [0.717, 1.165) is 16.9 Å². The highest BCUT2D eigenvalue weighted by molar-refractivity contribution is 6.04.